The zero-order valence-electron chi connectivity index (χ0n) is 10.5. The molecule has 0 saturated heterocycles. The van der Waals surface area contributed by atoms with E-state index >= 15 is 0 Å². The van der Waals surface area contributed by atoms with Crippen LogP contribution in [0.5, 0.6) is 17.2 Å². The number of benzene rings is 1. The molecule has 0 spiro atoms. The van der Waals surface area contributed by atoms with Gasteiger partial charge in [-0.15, -0.1) is 0 Å². The Labute approximate surface area is 101 Å². The summed E-state index contributed by atoms with van der Waals surface area (Å²) in [4.78, 5) is 0. The molecule has 0 aliphatic rings. The van der Waals surface area contributed by atoms with Gasteiger partial charge < -0.3 is 14.9 Å². The number of phenolic OH excluding ortho intramolecular Hbond substituents is 2. The number of hydrogen-bond donors (Lipinski definition) is 2. The fourth-order valence-corrected chi connectivity index (χ4v) is 1.60. The topological polar surface area (TPSA) is 49.7 Å². The number of ether oxygens (including phenoxy) is 1. The normalized spacial score (nSPS) is 10.1. The predicted octanol–water partition coefficient (Wildman–Crippen LogP) is 1.44. The highest BCUT2D eigenvalue weighted by molar-refractivity contribution is 5.54. The maximum atomic E-state index is 10.0. The van der Waals surface area contributed by atoms with Crippen LogP contribution in [0, 0.1) is 0 Å². The van der Waals surface area contributed by atoms with Crippen molar-refractivity contribution in [3.8, 4) is 17.2 Å². The van der Waals surface area contributed by atoms with Gasteiger partial charge in [0.05, 0.1) is 12.3 Å². The van der Waals surface area contributed by atoms with Gasteiger partial charge in [0.2, 0.25) is 0 Å². The second-order valence-corrected chi connectivity index (χ2v) is 4.15. The summed E-state index contributed by atoms with van der Waals surface area (Å²) in [6.07, 6.45) is 2.46. The van der Waals surface area contributed by atoms with Crippen LogP contribution in [-0.4, -0.2) is 17.3 Å². The average molecular weight is 234 g/mol. The van der Waals surface area contributed by atoms with Gasteiger partial charge in [-0.05, 0) is 20.3 Å². The lowest BCUT2D eigenvalue weighted by atomic mass is 10.0. The smallest absolute Gasteiger partial charge is 0.171 e. The van der Waals surface area contributed by atoms with Crippen molar-refractivity contribution in [3.05, 3.63) is 27.6 Å². The maximum Gasteiger partial charge on any atom is 0.171 e. The molecule has 0 radical (unpaired) electrons. The van der Waals surface area contributed by atoms with Crippen molar-refractivity contribution in [2.24, 2.45) is 0 Å². The van der Waals surface area contributed by atoms with Gasteiger partial charge in [0, 0.05) is 10.8 Å². The summed E-state index contributed by atoms with van der Waals surface area (Å²) in [5.41, 5.74) is 1.71. The molecule has 0 aliphatic heterocycles. The molecule has 0 fully saturated rings. The summed E-state index contributed by atoms with van der Waals surface area (Å²) in [6.45, 7) is 11.4. The molecule has 0 saturated carbocycles. The second-order valence-electron chi connectivity index (χ2n) is 4.15. The molecule has 2 N–H and O–H groups in total. The third-order valence-electron chi connectivity index (χ3n) is 2.63. The Hall–Kier alpha value is -1.90. The molecule has 1 aromatic rings. The van der Waals surface area contributed by atoms with E-state index in [1.54, 1.807) is 0 Å². The molecule has 0 bridgehead atoms. The molecule has 3 nitrogen and oxygen atoms in total. The summed E-state index contributed by atoms with van der Waals surface area (Å²) < 4.78 is 4.99. The maximum absolute atomic E-state index is 10.0. The SMILES string of the molecule is C=c1c(O)c(OC)c(=C)c(O)c1CC=C(C)C. The van der Waals surface area contributed by atoms with Crippen molar-refractivity contribution in [2.75, 3.05) is 7.11 Å². The molecular formula is C14H18O3. The second kappa shape index (κ2) is 4.95. The van der Waals surface area contributed by atoms with Crippen molar-refractivity contribution in [3.63, 3.8) is 0 Å². The van der Waals surface area contributed by atoms with E-state index in [-0.39, 0.29) is 22.5 Å². The van der Waals surface area contributed by atoms with Crippen molar-refractivity contribution >= 4 is 13.2 Å². The Kier molecular flexibility index (Phi) is 3.84. The summed E-state index contributed by atoms with van der Waals surface area (Å²) >= 11 is 0. The molecule has 1 rings (SSSR count). The van der Waals surface area contributed by atoms with Gasteiger partial charge in [0.25, 0.3) is 0 Å². The first-order valence-corrected chi connectivity index (χ1v) is 5.32. The summed E-state index contributed by atoms with van der Waals surface area (Å²) in [7, 11) is 1.42. The quantitative estimate of drug-likeness (QED) is 0.614. The van der Waals surface area contributed by atoms with Crippen LogP contribution in [-0.2, 0) is 6.42 Å². The molecular weight excluding hydrogens is 216 g/mol. The fourth-order valence-electron chi connectivity index (χ4n) is 1.60. The predicted molar refractivity (Wildman–Crippen MR) is 69.8 cm³/mol. The third-order valence-corrected chi connectivity index (χ3v) is 2.63. The Bertz CT molecular complexity index is 552. The minimum absolute atomic E-state index is 0.0298. The molecule has 0 amide bonds. The number of allylic oxidation sites excluding steroid dienone is 2. The van der Waals surface area contributed by atoms with Gasteiger partial charge >= 0.3 is 0 Å². The lowest BCUT2D eigenvalue weighted by Crippen LogP contribution is -2.17. The van der Waals surface area contributed by atoms with Crippen molar-refractivity contribution in [1.29, 1.82) is 0 Å². The molecule has 1 aromatic carbocycles. The lowest BCUT2D eigenvalue weighted by molar-refractivity contribution is 0.361. The minimum Gasteiger partial charge on any atom is -0.507 e. The third kappa shape index (κ3) is 2.44. The zero-order chi connectivity index (χ0) is 13.2. The zero-order valence-corrected chi connectivity index (χ0v) is 10.5. The van der Waals surface area contributed by atoms with E-state index in [2.05, 4.69) is 13.2 Å². The molecule has 0 unspecified atom stereocenters. The van der Waals surface area contributed by atoms with Gasteiger partial charge in [-0.2, -0.15) is 0 Å². The monoisotopic (exact) mass is 234 g/mol. The van der Waals surface area contributed by atoms with Crippen molar-refractivity contribution in [1.82, 2.24) is 0 Å². The highest BCUT2D eigenvalue weighted by Crippen LogP contribution is 2.22. The summed E-state index contributed by atoms with van der Waals surface area (Å²) in [5.74, 6) is 0.142. The summed E-state index contributed by atoms with van der Waals surface area (Å²) in [5, 5.41) is 20.6. The molecule has 0 heterocycles. The lowest BCUT2D eigenvalue weighted by Gasteiger charge is -2.10. The van der Waals surface area contributed by atoms with Crippen molar-refractivity contribution < 1.29 is 14.9 Å². The van der Waals surface area contributed by atoms with Gasteiger partial charge in [0.15, 0.2) is 11.5 Å². The van der Waals surface area contributed by atoms with Crippen LogP contribution in [0.1, 0.15) is 19.4 Å². The number of phenols is 2. The largest absolute Gasteiger partial charge is 0.507 e. The molecule has 0 aliphatic carbocycles. The van der Waals surface area contributed by atoms with E-state index < -0.39 is 0 Å². The average Bonchev–Trinajstić information content (AvgIpc) is 2.27. The van der Waals surface area contributed by atoms with E-state index in [4.69, 9.17) is 4.74 Å². The molecule has 0 atom stereocenters. The highest BCUT2D eigenvalue weighted by Gasteiger charge is 2.13. The first kappa shape index (κ1) is 13.2. The number of hydrogen-bond acceptors (Lipinski definition) is 3. The van der Waals surface area contributed by atoms with E-state index in [0.29, 0.717) is 17.2 Å². The van der Waals surface area contributed by atoms with E-state index in [0.717, 1.165) is 5.57 Å². The molecule has 17 heavy (non-hydrogen) atoms. The highest BCUT2D eigenvalue weighted by atomic mass is 16.5. The van der Waals surface area contributed by atoms with Gasteiger partial charge in [-0.3, -0.25) is 0 Å². The Morgan fingerprint density at radius 2 is 1.76 bits per heavy atom. The minimum atomic E-state index is -0.0625. The molecule has 3 heteroatoms. The van der Waals surface area contributed by atoms with Crippen LogP contribution in [0.4, 0.5) is 0 Å². The molecule has 92 valence electrons. The van der Waals surface area contributed by atoms with Crippen LogP contribution in [0.2, 0.25) is 0 Å². The number of aromatic hydroxyl groups is 2. The van der Waals surface area contributed by atoms with Gasteiger partial charge in [0.1, 0.15) is 5.75 Å². The Morgan fingerprint density at radius 1 is 1.18 bits per heavy atom. The van der Waals surface area contributed by atoms with Crippen LogP contribution < -0.4 is 15.2 Å². The standard InChI is InChI=1S/C14H18O3/c1-8(2)6-7-11-9(3)13(16)14(17-5)10(4)12(11)15/h6,15-16H,3-4,7H2,1-2,5H3. The fraction of sp³-hybridized carbons (Fsp3) is 0.286. The van der Waals surface area contributed by atoms with Crippen LogP contribution in [0.3, 0.4) is 0 Å². The Balaban J connectivity index is 3.49. The first-order valence-electron chi connectivity index (χ1n) is 5.32. The van der Waals surface area contributed by atoms with Crippen molar-refractivity contribution in [2.45, 2.75) is 20.3 Å². The van der Waals surface area contributed by atoms with Crippen LogP contribution in [0.15, 0.2) is 11.6 Å². The number of rotatable bonds is 3. The van der Waals surface area contributed by atoms with E-state index in [1.807, 2.05) is 19.9 Å². The number of methoxy groups -OCH3 is 1. The van der Waals surface area contributed by atoms with Gasteiger partial charge in [-0.1, -0.05) is 24.8 Å². The van der Waals surface area contributed by atoms with E-state index in [1.165, 1.54) is 7.11 Å². The summed E-state index contributed by atoms with van der Waals surface area (Å²) in [6, 6.07) is 0. The van der Waals surface area contributed by atoms with Crippen LogP contribution >= 0.6 is 0 Å². The molecule has 0 aromatic heterocycles. The van der Waals surface area contributed by atoms with Gasteiger partial charge in [-0.25, -0.2) is 0 Å². The Morgan fingerprint density at radius 3 is 2.24 bits per heavy atom. The van der Waals surface area contributed by atoms with E-state index in [9.17, 15) is 10.2 Å². The van der Waals surface area contributed by atoms with Crippen LogP contribution in [0.25, 0.3) is 13.2 Å². The first-order chi connectivity index (χ1) is 7.90.